The summed E-state index contributed by atoms with van der Waals surface area (Å²) in [6, 6.07) is 4.19. The van der Waals surface area contributed by atoms with Gasteiger partial charge in [0.1, 0.15) is 23.4 Å². The summed E-state index contributed by atoms with van der Waals surface area (Å²) < 4.78 is 33.9. The average Bonchev–Trinajstić information content (AvgIpc) is 3.40. The highest BCUT2D eigenvalue weighted by molar-refractivity contribution is 5.90. The molecule has 1 saturated heterocycles. The van der Waals surface area contributed by atoms with Gasteiger partial charge < -0.3 is 20.7 Å². The van der Waals surface area contributed by atoms with Crippen LogP contribution in [0.1, 0.15) is 35.6 Å². The van der Waals surface area contributed by atoms with Gasteiger partial charge in [-0.05, 0) is 37.5 Å². The van der Waals surface area contributed by atoms with Crippen molar-refractivity contribution in [1.29, 1.82) is 0 Å². The van der Waals surface area contributed by atoms with Crippen molar-refractivity contribution in [3.8, 4) is 5.75 Å². The number of benzene rings is 1. The molecule has 2 atom stereocenters. The summed E-state index contributed by atoms with van der Waals surface area (Å²) >= 11 is 0. The molecule has 0 bridgehead atoms. The van der Waals surface area contributed by atoms with Gasteiger partial charge in [-0.1, -0.05) is 0 Å². The molecule has 4 rings (SSSR count). The first-order chi connectivity index (χ1) is 14.3. The fourth-order valence-corrected chi connectivity index (χ4v) is 3.85. The van der Waals surface area contributed by atoms with Crippen molar-refractivity contribution in [3.63, 3.8) is 0 Å². The highest BCUT2D eigenvalue weighted by Crippen LogP contribution is 2.44. The lowest BCUT2D eigenvalue weighted by atomic mass is 9.93. The molecule has 3 N–H and O–H groups in total. The quantitative estimate of drug-likeness (QED) is 0.697. The second kappa shape index (κ2) is 7.55. The first-order valence-corrected chi connectivity index (χ1v) is 9.65. The summed E-state index contributed by atoms with van der Waals surface area (Å²) in [5.41, 5.74) is 0.921. The second-order valence-electron chi connectivity index (χ2n) is 7.73. The van der Waals surface area contributed by atoms with Gasteiger partial charge in [-0.2, -0.15) is 0 Å². The van der Waals surface area contributed by atoms with Gasteiger partial charge in [-0.25, -0.2) is 13.6 Å². The van der Waals surface area contributed by atoms with E-state index in [-0.39, 0.29) is 17.9 Å². The lowest BCUT2D eigenvalue weighted by Gasteiger charge is -2.23. The second-order valence-corrected chi connectivity index (χ2v) is 7.73. The van der Waals surface area contributed by atoms with Gasteiger partial charge in [0.15, 0.2) is 0 Å². The Balaban J connectivity index is 1.52. The van der Waals surface area contributed by atoms with Crippen molar-refractivity contribution in [2.24, 2.45) is 0 Å². The van der Waals surface area contributed by atoms with Crippen molar-refractivity contribution in [2.75, 3.05) is 13.7 Å². The molecule has 0 unspecified atom stereocenters. The molecule has 30 heavy (non-hydrogen) atoms. The molecule has 0 spiro atoms. The van der Waals surface area contributed by atoms with Gasteiger partial charge in [0.2, 0.25) is 5.91 Å². The number of hydrogen-bond acceptors (Lipinski definition) is 4. The Morgan fingerprint density at radius 3 is 2.57 bits per heavy atom. The number of carbonyl (C=O) groups excluding carboxylic acids is 2. The van der Waals surface area contributed by atoms with E-state index in [0.717, 1.165) is 36.2 Å². The van der Waals surface area contributed by atoms with E-state index in [0.29, 0.717) is 0 Å². The zero-order chi connectivity index (χ0) is 21.5. The zero-order valence-electron chi connectivity index (χ0n) is 16.6. The van der Waals surface area contributed by atoms with Crippen molar-refractivity contribution in [1.82, 2.24) is 20.9 Å². The summed E-state index contributed by atoms with van der Waals surface area (Å²) in [5.74, 6) is -3.01. The average molecular weight is 416 g/mol. The number of amides is 3. The number of aromatic nitrogens is 1. The van der Waals surface area contributed by atoms with Crippen LogP contribution in [0.5, 0.6) is 5.75 Å². The Morgan fingerprint density at radius 1 is 1.27 bits per heavy atom. The predicted octanol–water partition coefficient (Wildman–Crippen LogP) is 2.25. The van der Waals surface area contributed by atoms with Gasteiger partial charge in [0, 0.05) is 36.4 Å². The fraction of sp³-hybridized carbons (Fsp3) is 0.381. The van der Waals surface area contributed by atoms with E-state index >= 15 is 0 Å². The summed E-state index contributed by atoms with van der Waals surface area (Å²) in [7, 11) is 1.31. The molecule has 2 heterocycles. The van der Waals surface area contributed by atoms with Crippen LogP contribution in [0.4, 0.5) is 13.6 Å². The minimum absolute atomic E-state index is 0.00846. The van der Waals surface area contributed by atoms with Crippen molar-refractivity contribution in [3.05, 3.63) is 58.9 Å². The predicted molar refractivity (Wildman–Crippen MR) is 104 cm³/mol. The maximum atomic E-state index is 14.5. The number of urea groups is 1. The van der Waals surface area contributed by atoms with Crippen LogP contribution >= 0.6 is 0 Å². The van der Waals surface area contributed by atoms with E-state index in [4.69, 9.17) is 4.74 Å². The molecule has 7 nitrogen and oxygen atoms in total. The number of rotatable bonds is 5. The third-order valence-corrected chi connectivity index (χ3v) is 5.64. The molecular weight excluding hydrogens is 394 g/mol. The highest BCUT2D eigenvalue weighted by atomic mass is 19.1. The van der Waals surface area contributed by atoms with E-state index in [9.17, 15) is 18.4 Å². The van der Waals surface area contributed by atoms with Crippen LogP contribution in [-0.4, -0.2) is 36.6 Å². The molecule has 2 aliphatic rings. The Kier molecular flexibility index (Phi) is 5.05. The number of hydrogen-bond donors (Lipinski definition) is 3. The smallest absolute Gasteiger partial charge is 0.316 e. The number of carbonyl (C=O) groups is 2. The molecule has 1 aliphatic carbocycles. The third-order valence-electron chi connectivity index (χ3n) is 5.64. The lowest BCUT2D eigenvalue weighted by molar-refractivity contribution is -0.120. The van der Waals surface area contributed by atoms with Crippen molar-refractivity contribution < 1.29 is 23.1 Å². The summed E-state index contributed by atoms with van der Waals surface area (Å²) in [6.45, 7) is 1.95. The maximum Gasteiger partial charge on any atom is 0.316 e. The molecule has 2 aromatic rings. The van der Waals surface area contributed by atoms with Crippen LogP contribution in [0.25, 0.3) is 0 Å². The Morgan fingerprint density at radius 2 is 1.97 bits per heavy atom. The van der Waals surface area contributed by atoms with Crippen molar-refractivity contribution >= 4 is 11.9 Å². The molecule has 2 fully saturated rings. The van der Waals surface area contributed by atoms with E-state index in [1.807, 2.05) is 19.1 Å². The normalized spacial score (nSPS) is 21.7. The minimum Gasteiger partial charge on any atom is -0.497 e. The number of methoxy groups -OCH3 is 1. The summed E-state index contributed by atoms with van der Waals surface area (Å²) in [4.78, 5) is 29.3. The zero-order valence-corrected chi connectivity index (χ0v) is 16.6. The summed E-state index contributed by atoms with van der Waals surface area (Å²) in [6.07, 6.45) is 3.12. The molecule has 158 valence electrons. The SMILES string of the molecule is COc1cc(F)c([C@@H]2CNC(=O)[C@H]2NC(=O)NC2(c3cc(C)ccn3)CC2)c(F)c1. The number of aryl methyl sites for hydroxylation is 1. The minimum atomic E-state index is -1.11. The maximum absolute atomic E-state index is 14.5. The first-order valence-electron chi connectivity index (χ1n) is 9.65. The van der Waals surface area contributed by atoms with Gasteiger partial charge >= 0.3 is 6.03 Å². The van der Waals surface area contributed by atoms with Gasteiger partial charge in [0.25, 0.3) is 0 Å². The van der Waals surface area contributed by atoms with Crippen LogP contribution in [0.15, 0.2) is 30.5 Å². The molecule has 3 amide bonds. The lowest BCUT2D eigenvalue weighted by Crippen LogP contribution is -2.50. The van der Waals surface area contributed by atoms with Crippen LogP contribution in [-0.2, 0) is 10.3 Å². The number of nitrogens with zero attached hydrogens (tertiary/aromatic N) is 1. The number of pyridine rings is 1. The van der Waals surface area contributed by atoms with Crippen molar-refractivity contribution in [2.45, 2.75) is 37.3 Å². The Labute approximate surface area is 172 Å². The number of halogens is 2. The van der Waals surface area contributed by atoms with Crippen LogP contribution in [0.2, 0.25) is 0 Å². The summed E-state index contributed by atoms with van der Waals surface area (Å²) in [5, 5.41) is 8.03. The molecule has 0 radical (unpaired) electrons. The van der Waals surface area contributed by atoms with E-state index in [1.54, 1.807) is 6.20 Å². The van der Waals surface area contributed by atoms with Gasteiger partial charge in [-0.15, -0.1) is 0 Å². The topological polar surface area (TPSA) is 92.4 Å². The standard InChI is InChI=1S/C21H22F2N4O3/c1-11-3-6-24-16(7-11)21(4-5-21)27-20(29)26-18-13(10-25-19(18)28)17-14(22)8-12(30-2)9-15(17)23/h3,6-9,13,18H,4-5,10H2,1-2H3,(H,25,28)(H2,26,27,29)/t13-,18-/m0/s1. The Bertz CT molecular complexity index is 986. The third kappa shape index (κ3) is 3.67. The van der Waals surface area contributed by atoms with E-state index in [2.05, 4.69) is 20.9 Å². The molecular formula is C21H22F2N4O3. The van der Waals surface area contributed by atoms with Gasteiger partial charge in [0.05, 0.1) is 18.3 Å². The molecule has 1 aromatic carbocycles. The van der Waals surface area contributed by atoms with E-state index < -0.39 is 41.1 Å². The number of ether oxygens (including phenoxy) is 1. The molecule has 9 heteroatoms. The van der Waals surface area contributed by atoms with Crippen LogP contribution in [0, 0.1) is 18.6 Å². The highest BCUT2D eigenvalue weighted by Gasteiger charge is 2.48. The molecule has 1 aromatic heterocycles. The Hall–Kier alpha value is -3.23. The molecule has 1 saturated carbocycles. The molecule has 1 aliphatic heterocycles. The first kappa shape index (κ1) is 20.1. The largest absolute Gasteiger partial charge is 0.497 e. The van der Waals surface area contributed by atoms with Crippen LogP contribution in [0.3, 0.4) is 0 Å². The fourth-order valence-electron chi connectivity index (χ4n) is 3.85. The van der Waals surface area contributed by atoms with Crippen LogP contribution < -0.4 is 20.7 Å². The van der Waals surface area contributed by atoms with E-state index in [1.165, 1.54) is 7.11 Å². The van der Waals surface area contributed by atoms with Gasteiger partial charge in [-0.3, -0.25) is 9.78 Å². The number of nitrogens with one attached hydrogen (secondary N) is 3. The monoisotopic (exact) mass is 416 g/mol.